The molecule has 10 rings (SSSR count). The van der Waals surface area contributed by atoms with Crippen molar-refractivity contribution < 1.29 is 8.83 Å². The fourth-order valence-corrected chi connectivity index (χ4v) is 8.55. The topological polar surface area (TPSA) is 26.3 Å². The summed E-state index contributed by atoms with van der Waals surface area (Å²) >= 11 is 0. The van der Waals surface area contributed by atoms with E-state index >= 15 is 0 Å². The quantitative estimate of drug-likeness (QED) is 0.177. The fraction of sp³-hybridized carbons (Fsp3) is 0.149. The van der Waals surface area contributed by atoms with E-state index < -0.39 is 0 Å². The lowest BCUT2D eigenvalue weighted by atomic mass is 9.80. The molecule has 0 aliphatic heterocycles. The van der Waals surface area contributed by atoms with Gasteiger partial charge in [0, 0.05) is 32.7 Å². The largest absolute Gasteiger partial charge is 0.464 e. The molecule has 49 heavy (non-hydrogen) atoms. The summed E-state index contributed by atoms with van der Waals surface area (Å²) in [4.78, 5) is 0. The molecular formula is C47H36O2. The van der Waals surface area contributed by atoms with Crippen molar-refractivity contribution in [2.45, 2.75) is 45.4 Å². The first-order valence-electron chi connectivity index (χ1n) is 17.2. The third-order valence-corrected chi connectivity index (χ3v) is 11.1. The third-order valence-electron chi connectivity index (χ3n) is 11.1. The Bertz CT molecular complexity index is 2770. The second-order valence-corrected chi connectivity index (χ2v) is 15.3. The van der Waals surface area contributed by atoms with Crippen LogP contribution in [0.25, 0.3) is 87.8 Å². The van der Waals surface area contributed by atoms with E-state index in [0.717, 1.165) is 27.7 Å². The van der Waals surface area contributed by atoms with E-state index in [4.69, 9.17) is 8.83 Å². The molecule has 9 aromatic rings. The van der Waals surface area contributed by atoms with Crippen molar-refractivity contribution in [3.63, 3.8) is 0 Å². The van der Waals surface area contributed by atoms with Crippen molar-refractivity contribution in [2.75, 3.05) is 0 Å². The highest BCUT2D eigenvalue weighted by atomic mass is 16.3. The number of hydrogen-bond acceptors (Lipinski definition) is 2. The molecule has 1 aliphatic rings. The molecule has 0 saturated heterocycles. The van der Waals surface area contributed by atoms with Gasteiger partial charge in [-0.1, -0.05) is 120 Å². The van der Waals surface area contributed by atoms with Crippen molar-refractivity contribution in [1.29, 1.82) is 0 Å². The smallest absolute Gasteiger partial charge is 0.141 e. The highest BCUT2D eigenvalue weighted by molar-refractivity contribution is 6.23. The molecule has 7 aromatic carbocycles. The maximum absolute atomic E-state index is 6.48. The van der Waals surface area contributed by atoms with E-state index in [1.165, 1.54) is 76.8 Å². The van der Waals surface area contributed by atoms with Gasteiger partial charge in [-0.2, -0.15) is 0 Å². The number of para-hydroxylation sites is 1. The van der Waals surface area contributed by atoms with E-state index in [9.17, 15) is 0 Å². The molecule has 2 aromatic heterocycles. The first-order valence-corrected chi connectivity index (χ1v) is 17.2. The van der Waals surface area contributed by atoms with Crippen LogP contribution < -0.4 is 0 Å². The Morgan fingerprint density at radius 3 is 1.90 bits per heavy atom. The van der Waals surface area contributed by atoms with Gasteiger partial charge in [-0.15, -0.1) is 0 Å². The molecular weight excluding hydrogens is 597 g/mol. The number of hydrogen-bond donors (Lipinski definition) is 0. The van der Waals surface area contributed by atoms with E-state index in [1.54, 1.807) is 6.26 Å². The van der Waals surface area contributed by atoms with Gasteiger partial charge in [0.15, 0.2) is 0 Å². The zero-order chi connectivity index (χ0) is 33.2. The van der Waals surface area contributed by atoms with Crippen molar-refractivity contribution in [2.24, 2.45) is 0 Å². The zero-order valence-electron chi connectivity index (χ0n) is 28.4. The van der Waals surface area contributed by atoms with Crippen LogP contribution in [0.15, 0.2) is 136 Å². The maximum atomic E-state index is 6.48. The first-order chi connectivity index (χ1) is 23.7. The van der Waals surface area contributed by atoms with E-state index in [-0.39, 0.29) is 10.8 Å². The Morgan fingerprint density at radius 2 is 1.18 bits per heavy atom. The lowest BCUT2D eigenvalue weighted by Gasteiger charge is -2.23. The molecule has 2 heteroatoms. The Labute approximate surface area is 285 Å². The average Bonchev–Trinajstić information content (AvgIpc) is 3.78. The highest BCUT2D eigenvalue weighted by Gasteiger charge is 2.37. The summed E-state index contributed by atoms with van der Waals surface area (Å²) in [7, 11) is 0. The summed E-state index contributed by atoms with van der Waals surface area (Å²) in [5.41, 5.74) is 14.1. The van der Waals surface area contributed by atoms with Crippen LogP contribution in [-0.2, 0) is 10.8 Å². The zero-order valence-corrected chi connectivity index (χ0v) is 28.4. The van der Waals surface area contributed by atoms with Crippen molar-refractivity contribution in [1.82, 2.24) is 0 Å². The molecule has 0 radical (unpaired) electrons. The fourth-order valence-electron chi connectivity index (χ4n) is 8.55. The van der Waals surface area contributed by atoms with Gasteiger partial charge >= 0.3 is 0 Å². The molecule has 1 aliphatic carbocycles. The van der Waals surface area contributed by atoms with Crippen LogP contribution in [0.4, 0.5) is 0 Å². The van der Waals surface area contributed by atoms with Crippen LogP contribution in [0.5, 0.6) is 0 Å². The number of furan rings is 2. The van der Waals surface area contributed by atoms with E-state index in [2.05, 4.69) is 150 Å². The highest BCUT2D eigenvalue weighted by Crippen LogP contribution is 2.53. The second kappa shape index (κ2) is 9.74. The normalized spacial score (nSPS) is 14.0. The van der Waals surface area contributed by atoms with Crippen molar-refractivity contribution in [3.05, 3.63) is 144 Å². The van der Waals surface area contributed by atoms with Crippen LogP contribution >= 0.6 is 0 Å². The lowest BCUT2D eigenvalue weighted by Crippen LogP contribution is -2.15. The van der Waals surface area contributed by atoms with Gasteiger partial charge in [0.2, 0.25) is 0 Å². The number of benzene rings is 7. The lowest BCUT2D eigenvalue weighted by molar-refractivity contribution is 0.590. The minimum absolute atomic E-state index is 0.0685. The monoisotopic (exact) mass is 632 g/mol. The Hall–Kier alpha value is -5.60. The Morgan fingerprint density at radius 1 is 0.510 bits per heavy atom. The summed E-state index contributed by atoms with van der Waals surface area (Å²) in [5.74, 6) is 0. The average molecular weight is 633 g/mol. The molecule has 236 valence electrons. The summed E-state index contributed by atoms with van der Waals surface area (Å²) in [6.07, 6.45) is 1.79. The predicted molar refractivity (Wildman–Crippen MR) is 206 cm³/mol. The van der Waals surface area contributed by atoms with Crippen LogP contribution in [0.3, 0.4) is 0 Å². The van der Waals surface area contributed by atoms with Crippen molar-refractivity contribution in [3.8, 4) is 33.4 Å². The van der Waals surface area contributed by atoms with Gasteiger partial charge in [0.25, 0.3) is 0 Å². The van der Waals surface area contributed by atoms with E-state index in [1.807, 2.05) is 6.07 Å². The van der Waals surface area contributed by atoms with Crippen LogP contribution in [0.1, 0.15) is 51.3 Å². The summed E-state index contributed by atoms with van der Waals surface area (Å²) < 4.78 is 12.6. The van der Waals surface area contributed by atoms with Crippen LogP contribution in [-0.4, -0.2) is 0 Å². The molecule has 0 spiro atoms. The molecule has 0 unspecified atom stereocenters. The predicted octanol–water partition coefficient (Wildman–Crippen LogP) is 13.6. The SMILES string of the molecule is CC(C)(C)c1ccc2oc3cc4c(cc3c2c1)C(C)(C)c1cc(-c2c3ccccc3c(-c3cccc5ccoc35)c3ccccc23)ccc1-4. The minimum Gasteiger partial charge on any atom is -0.464 e. The van der Waals surface area contributed by atoms with Gasteiger partial charge in [-0.05, 0) is 102 Å². The molecule has 2 nitrogen and oxygen atoms in total. The van der Waals surface area contributed by atoms with Crippen molar-refractivity contribution >= 4 is 54.5 Å². The first kappa shape index (κ1) is 28.4. The summed E-state index contributed by atoms with van der Waals surface area (Å²) in [6, 6.07) is 44.7. The number of fused-ring (bicyclic) bond motifs is 9. The molecule has 0 fully saturated rings. The maximum Gasteiger partial charge on any atom is 0.141 e. The van der Waals surface area contributed by atoms with Gasteiger partial charge in [-0.25, -0.2) is 0 Å². The molecule has 0 amide bonds. The van der Waals surface area contributed by atoms with Gasteiger partial charge in [-0.3, -0.25) is 0 Å². The Kier molecular flexibility index (Phi) is 5.65. The van der Waals surface area contributed by atoms with E-state index in [0.29, 0.717) is 0 Å². The molecule has 0 saturated carbocycles. The third kappa shape index (κ3) is 3.95. The minimum atomic E-state index is -0.180. The second-order valence-electron chi connectivity index (χ2n) is 15.3. The number of rotatable bonds is 2. The molecule has 0 N–H and O–H groups in total. The van der Waals surface area contributed by atoms with Crippen LogP contribution in [0, 0.1) is 0 Å². The molecule has 0 bridgehead atoms. The van der Waals surface area contributed by atoms with Gasteiger partial charge < -0.3 is 8.83 Å². The van der Waals surface area contributed by atoms with Gasteiger partial charge in [0.1, 0.15) is 16.7 Å². The molecule has 2 heterocycles. The molecule has 0 atom stereocenters. The Balaban J connectivity index is 1.20. The standard InChI is InChI=1S/C47H36O2/c1-46(2,3)29-18-20-41-37(24-29)38-25-40-36(26-42(38)49-41)30-19-17-28(23-39(30)47(40,4)5)43-31-12-6-8-14-33(31)44(34-15-9-7-13-32(34)43)35-16-10-11-27-21-22-48-45(27)35/h6-26H,1-5H3. The summed E-state index contributed by atoms with van der Waals surface area (Å²) in [5, 5.41) is 8.44. The summed E-state index contributed by atoms with van der Waals surface area (Å²) in [6.45, 7) is 11.6. The van der Waals surface area contributed by atoms with Crippen LogP contribution in [0.2, 0.25) is 0 Å². The van der Waals surface area contributed by atoms with Gasteiger partial charge in [0.05, 0.1) is 6.26 Å².